The van der Waals surface area contributed by atoms with Crippen LogP contribution >= 0.6 is 0 Å². The summed E-state index contributed by atoms with van der Waals surface area (Å²) in [6.45, 7) is 10.9. The van der Waals surface area contributed by atoms with Crippen molar-refractivity contribution in [2.45, 2.75) is 58.5 Å². The SMILES string of the molecule is CC(C)CN(CC1NCCCC1C)C1CC1. The fourth-order valence-electron chi connectivity index (χ4n) is 2.89. The van der Waals surface area contributed by atoms with E-state index in [0.717, 1.165) is 23.9 Å². The van der Waals surface area contributed by atoms with Crippen LogP contribution in [0.4, 0.5) is 0 Å². The van der Waals surface area contributed by atoms with Gasteiger partial charge < -0.3 is 5.32 Å². The predicted octanol–water partition coefficient (Wildman–Crippen LogP) is 2.49. The number of nitrogens with one attached hydrogen (secondary N) is 1. The molecule has 2 unspecified atom stereocenters. The molecular weight excluding hydrogens is 196 g/mol. The van der Waals surface area contributed by atoms with Gasteiger partial charge in [0.1, 0.15) is 0 Å². The first-order chi connectivity index (χ1) is 7.66. The van der Waals surface area contributed by atoms with Crippen LogP contribution < -0.4 is 5.32 Å². The molecule has 0 bridgehead atoms. The summed E-state index contributed by atoms with van der Waals surface area (Å²) in [5.74, 6) is 1.67. The van der Waals surface area contributed by atoms with Gasteiger partial charge in [-0.2, -0.15) is 0 Å². The number of nitrogens with zero attached hydrogens (tertiary/aromatic N) is 1. The van der Waals surface area contributed by atoms with Gasteiger partial charge in [-0.1, -0.05) is 20.8 Å². The maximum Gasteiger partial charge on any atom is 0.0220 e. The first-order valence-corrected chi connectivity index (χ1v) is 7.14. The molecule has 1 aliphatic heterocycles. The summed E-state index contributed by atoms with van der Waals surface area (Å²) in [4.78, 5) is 2.74. The summed E-state index contributed by atoms with van der Waals surface area (Å²) in [6, 6.07) is 1.66. The van der Waals surface area contributed by atoms with E-state index in [0.29, 0.717) is 0 Å². The second-order valence-corrected chi connectivity index (χ2v) is 6.26. The molecule has 94 valence electrons. The number of hydrogen-bond donors (Lipinski definition) is 1. The average molecular weight is 224 g/mol. The second kappa shape index (κ2) is 5.50. The molecule has 2 rings (SSSR count). The van der Waals surface area contributed by atoms with E-state index in [1.807, 2.05) is 0 Å². The van der Waals surface area contributed by atoms with Crippen molar-refractivity contribution < 1.29 is 0 Å². The van der Waals surface area contributed by atoms with Crippen LogP contribution in [-0.4, -0.2) is 36.6 Å². The molecule has 1 N–H and O–H groups in total. The Balaban J connectivity index is 1.83. The van der Waals surface area contributed by atoms with Crippen LogP contribution in [0.2, 0.25) is 0 Å². The second-order valence-electron chi connectivity index (χ2n) is 6.26. The molecule has 0 aromatic carbocycles. The van der Waals surface area contributed by atoms with Crippen molar-refractivity contribution in [3.8, 4) is 0 Å². The quantitative estimate of drug-likeness (QED) is 0.772. The highest BCUT2D eigenvalue weighted by atomic mass is 15.2. The third-order valence-corrected chi connectivity index (χ3v) is 4.02. The predicted molar refractivity (Wildman–Crippen MR) is 69.6 cm³/mol. The van der Waals surface area contributed by atoms with Gasteiger partial charge in [0.15, 0.2) is 0 Å². The molecule has 1 saturated carbocycles. The molecule has 2 heteroatoms. The normalized spacial score (nSPS) is 31.3. The Bertz CT molecular complexity index is 211. The number of piperidine rings is 1. The Kier molecular flexibility index (Phi) is 4.26. The average Bonchev–Trinajstić information content (AvgIpc) is 3.03. The highest BCUT2D eigenvalue weighted by Gasteiger charge is 2.32. The van der Waals surface area contributed by atoms with Crippen LogP contribution in [0.15, 0.2) is 0 Å². The van der Waals surface area contributed by atoms with Gasteiger partial charge in [0.2, 0.25) is 0 Å². The van der Waals surface area contributed by atoms with E-state index in [-0.39, 0.29) is 0 Å². The molecule has 2 aliphatic rings. The minimum Gasteiger partial charge on any atom is -0.312 e. The van der Waals surface area contributed by atoms with Gasteiger partial charge in [-0.3, -0.25) is 4.90 Å². The van der Waals surface area contributed by atoms with Crippen molar-refractivity contribution >= 4 is 0 Å². The third-order valence-electron chi connectivity index (χ3n) is 4.02. The zero-order valence-electron chi connectivity index (χ0n) is 11.2. The topological polar surface area (TPSA) is 15.3 Å². The molecule has 1 heterocycles. The molecule has 0 aromatic heterocycles. The molecular formula is C14H28N2. The van der Waals surface area contributed by atoms with Gasteiger partial charge in [-0.05, 0) is 44.1 Å². The zero-order chi connectivity index (χ0) is 11.5. The monoisotopic (exact) mass is 224 g/mol. The van der Waals surface area contributed by atoms with Crippen LogP contribution in [0.3, 0.4) is 0 Å². The van der Waals surface area contributed by atoms with Crippen LogP contribution in [0, 0.1) is 11.8 Å². The van der Waals surface area contributed by atoms with E-state index in [1.54, 1.807) is 0 Å². The smallest absolute Gasteiger partial charge is 0.0220 e. The first-order valence-electron chi connectivity index (χ1n) is 7.14. The molecule has 16 heavy (non-hydrogen) atoms. The van der Waals surface area contributed by atoms with Crippen molar-refractivity contribution in [1.29, 1.82) is 0 Å². The van der Waals surface area contributed by atoms with Crippen LogP contribution in [0.1, 0.15) is 46.5 Å². The number of hydrogen-bond acceptors (Lipinski definition) is 2. The summed E-state index contributed by atoms with van der Waals surface area (Å²) < 4.78 is 0. The largest absolute Gasteiger partial charge is 0.312 e. The van der Waals surface area contributed by atoms with E-state index in [9.17, 15) is 0 Å². The summed E-state index contributed by atoms with van der Waals surface area (Å²) >= 11 is 0. The van der Waals surface area contributed by atoms with Crippen molar-refractivity contribution in [3.05, 3.63) is 0 Å². The van der Waals surface area contributed by atoms with Crippen LogP contribution in [0.5, 0.6) is 0 Å². The third kappa shape index (κ3) is 3.46. The van der Waals surface area contributed by atoms with Crippen LogP contribution in [0.25, 0.3) is 0 Å². The van der Waals surface area contributed by atoms with Crippen molar-refractivity contribution in [3.63, 3.8) is 0 Å². The molecule has 1 saturated heterocycles. The fraction of sp³-hybridized carbons (Fsp3) is 1.00. The molecule has 0 radical (unpaired) electrons. The Morgan fingerprint density at radius 3 is 2.56 bits per heavy atom. The van der Waals surface area contributed by atoms with Gasteiger partial charge in [0.05, 0.1) is 0 Å². The lowest BCUT2D eigenvalue weighted by Crippen LogP contribution is -2.49. The summed E-state index contributed by atoms with van der Waals surface area (Å²) in [7, 11) is 0. The Morgan fingerprint density at radius 1 is 1.25 bits per heavy atom. The lowest BCUT2D eigenvalue weighted by molar-refractivity contribution is 0.169. The van der Waals surface area contributed by atoms with Crippen molar-refractivity contribution in [1.82, 2.24) is 10.2 Å². The lowest BCUT2D eigenvalue weighted by Gasteiger charge is -2.35. The lowest BCUT2D eigenvalue weighted by atomic mass is 9.92. The van der Waals surface area contributed by atoms with Crippen molar-refractivity contribution in [2.24, 2.45) is 11.8 Å². The number of rotatable bonds is 5. The summed E-state index contributed by atoms with van der Waals surface area (Å²) in [6.07, 6.45) is 5.66. The van der Waals surface area contributed by atoms with Gasteiger partial charge in [0, 0.05) is 25.2 Å². The van der Waals surface area contributed by atoms with Gasteiger partial charge in [0.25, 0.3) is 0 Å². The fourth-order valence-corrected chi connectivity index (χ4v) is 2.89. The highest BCUT2D eigenvalue weighted by Crippen LogP contribution is 2.29. The maximum absolute atomic E-state index is 3.71. The molecule has 2 fully saturated rings. The molecule has 0 aromatic rings. The minimum atomic E-state index is 0.744. The molecule has 1 aliphatic carbocycles. The van der Waals surface area contributed by atoms with E-state index in [1.165, 1.54) is 45.3 Å². The minimum absolute atomic E-state index is 0.744. The Labute approximate surface area is 101 Å². The Hall–Kier alpha value is -0.0800. The standard InChI is InChI=1S/C14H28N2/c1-11(2)9-16(13-6-7-13)10-14-12(3)5-4-8-15-14/h11-15H,4-10H2,1-3H3. The van der Waals surface area contributed by atoms with Gasteiger partial charge >= 0.3 is 0 Å². The Morgan fingerprint density at radius 2 is 2.00 bits per heavy atom. The molecule has 0 spiro atoms. The highest BCUT2D eigenvalue weighted by molar-refractivity contribution is 4.89. The maximum atomic E-state index is 3.71. The molecule has 0 amide bonds. The van der Waals surface area contributed by atoms with Gasteiger partial charge in [-0.25, -0.2) is 0 Å². The van der Waals surface area contributed by atoms with E-state index in [4.69, 9.17) is 0 Å². The summed E-state index contributed by atoms with van der Waals surface area (Å²) in [5.41, 5.74) is 0. The molecule has 2 atom stereocenters. The zero-order valence-corrected chi connectivity index (χ0v) is 11.2. The molecule has 2 nitrogen and oxygen atoms in total. The van der Waals surface area contributed by atoms with E-state index >= 15 is 0 Å². The first kappa shape index (κ1) is 12.4. The van der Waals surface area contributed by atoms with Crippen LogP contribution in [-0.2, 0) is 0 Å². The van der Waals surface area contributed by atoms with Crippen molar-refractivity contribution in [2.75, 3.05) is 19.6 Å². The van der Waals surface area contributed by atoms with E-state index in [2.05, 4.69) is 31.0 Å². The van der Waals surface area contributed by atoms with E-state index < -0.39 is 0 Å². The van der Waals surface area contributed by atoms with Gasteiger partial charge in [-0.15, -0.1) is 0 Å². The summed E-state index contributed by atoms with van der Waals surface area (Å²) in [5, 5.41) is 3.71.